The Hall–Kier alpha value is -3.66. The molecule has 0 radical (unpaired) electrons. The van der Waals surface area contributed by atoms with Gasteiger partial charge in [0.1, 0.15) is 43.5 Å². The number of carbonyl (C=O) groups is 1. The van der Waals surface area contributed by atoms with Crippen LogP contribution in [0.25, 0.3) is 11.4 Å². The lowest BCUT2D eigenvalue weighted by atomic mass is 10.1. The van der Waals surface area contributed by atoms with Crippen LogP contribution in [0.3, 0.4) is 0 Å². The molecule has 2 aliphatic rings. The van der Waals surface area contributed by atoms with Gasteiger partial charge in [0.15, 0.2) is 11.8 Å². The first kappa shape index (κ1) is 20.6. The zero-order valence-corrected chi connectivity index (χ0v) is 16.1. The molecule has 0 saturated carbocycles. The number of ether oxygens (including phenoxy) is 2. The van der Waals surface area contributed by atoms with E-state index in [0.29, 0.717) is 29.4 Å². The Morgan fingerprint density at radius 1 is 1.39 bits per heavy atom. The van der Waals surface area contributed by atoms with Gasteiger partial charge < -0.3 is 25.1 Å². The Morgan fingerprint density at radius 2 is 2.19 bits per heavy atom. The van der Waals surface area contributed by atoms with Crippen molar-refractivity contribution in [3.05, 3.63) is 30.3 Å². The Balaban J connectivity index is 1.70. The number of anilines is 2. The highest BCUT2D eigenvalue weighted by molar-refractivity contribution is 5.83. The summed E-state index contributed by atoms with van der Waals surface area (Å²) < 4.78 is 52.3. The van der Waals surface area contributed by atoms with Gasteiger partial charge in [-0.15, -0.1) is 0 Å². The summed E-state index contributed by atoms with van der Waals surface area (Å²) in [5.41, 5.74) is 6.12. The average Bonchev–Trinajstić information content (AvgIpc) is 3.32. The van der Waals surface area contributed by atoms with Crippen LogP contribution in [0.5, 0.6) is 5.75 Å². The lowest BCUT2D eigenvalue weighted by molar-refractivity contribution is -0.119. The van der Waals surface area contributed by atoms with E-state index in [9.17, 15) is 22.8 Å². The minimum Gasteiger partial charge on any atom is -0.491 e. The van der Waals surface area contributed by atoms with E-state index in [1.165, 1.54) is 12.1 Å². The fourth-order valence-electron chi connectivity index (χ4n) is 3.46. The van der Waals surface area contributed by atoms with E-state index in [-0.39, 0.29) is 24.9 Å². The molecule has 0 bridgehead atoms. The Morgan fingerprint density at radius 3 is 2.87 bits per heavy atom. The van der Waals surface area contributed by atoms with Gasteiger partial charge in [0.05, 0.1) is 12.1 Å². The number of primary amides is 1. The number of nitrogens with two attached hydrogens (primary N) is 1. The average molecular weight is 437 g/mol. The van der Waals surface area contributed by atoms with E-state index in [4.69, 9.17) is 15.2 Å². The molecule has 0 aliphatic carbocycles. The molecule has 2 aliphatic heterocycles. The summed E-state index contributed by atoms with van der Waals surface area (Å²) in [5, 5.41) is 2.69. The van der Waals surface area contributed by atoms with Crippen LogP contribution < -0.4 is 20.7 Å². The quantitative estimate of drug-likeness (QED) is 0.656. The molecular formula is C19H18F3N5O4. The van der Waals surface area contributed by atoms with Crippen LogP contribution in [0.4, 0.5) is 24.7 Å². The number of benzene rings is 1. The molecule has 164 valence electrons. The number of nitrogens with one attached hydrogen (secondary N) is 1. The first-order valence-corrected chi connectivity index (χ1v) is 9.34. The van der Waals surface area contributed by atoms with Crippen molar-refractivity contribution in [2.45, 2.75) is 25.1 Å². The summed E-state index contributed by atoms with van der Waals surface area (Å²) >= 11 is 0. The van der Waals surface area contributed by atoms with E-state index < -0.39 is 31.1 Å². The molecule has 12 heteroatoms. The molecule has 3 heterocycles. The number of aromatic nitrogens is 2. The van der Waals surface area contributed by atoms with E-state index in [0.717, 1.165) is 4.90 Å². The topological polar surface area (TPSA) is 112 Å². The second-order valence-corrected chi connectivity index (χ2v) is 6.92. The molecule has 4 rings (SSSR count). The second kappa shape index (κ2) is 8.23. The number of hydrogen-bond donors (Lipinski definition) is 2. The Kier molecular flexibility index (Phi) is 5.47. The van der Waals surface area contributed by atoms with Gasteiger partial charge in [-0.2, -0.15) is 0 Å². The van der Waals surface area contributed by atoms with Crippen molar-refractivity contribution in [2.24, 2.45) is 5.73 Å². The molecular weight excluding hydrogens is 419 g/mol. The molecule has 9 nitrogen and oxygen atoms in total. The number of alkyl halides is 3. The van der Waals surface area contributed by atoms with E-state index >= 15 is 0 Å². The van der Waals surface area contributed by atoms with Crippen molar-refractivity contribution in [3.63, 3.8) is 0 Å². The fraction of sp³-hybridized carbons (Fsp3) is 0.368. The number of imidazole rings is 1. The first-order chi connectivity index (χ1) is 14.9. The lowest BCUT2D eigenvalue weighted by Crippen LogP contribution is -2.37. The highest BCUT2D eigenvalue weighted by atomic mass is 19.3. The van der Waals surface area contributed by atoms with Gasteiger partial charge in [-0.25, -0.2) is 22.9 Å². The molecule has 31 heavy (non-hydrogen) atoms. The summed E-state index contributed by atoms with van der Waals surface area (Å²) in [6.45, 7) is -0.722. The highest BCUT2D eigenvalue weighted by Crippen LogP contribution is 2.37. The van der Waals surface area contributed by atoms with E-state index in [1.54, 1.807) is 22.8 Å². The van der Waals surface area contributed by atoms with Gasteiger partial charge in [-0.3, -0.25) is 9.69 Å². The SMILES string of the molecule is NC(=O)C(CF)Nc1ccc2c(c1)OCCn1cc(N3C(=C=O)OC[C@H]3C(F)F)nc1-2. The summed E-state index contributed by atoms with van der Waals surface area (Å²) in [7, 11) is 0. The van der Waals surface area contributed by atoms with Crippen molar-refractivity contribution < 1.29 is 32.2 Å². The van der Waals surface area contributed by atoms with E-state index in [1.807, 2.05) is 0 Å². The van der Waals surface area contributed by atoms with E-state index in [2.05, 4.69) is 10.3 Å². The van der Waals surface area contributed by atoms with Gasteiger partial charge >= 0.3 is 0 Å². The second-order valence-electron chi connectivity index (χ2n) is 6.92. The molecule has 2 atom stereocenters. The maximum Gasteiger partial charge on any atom is 0.284 e. The van der Waals surface area contributed by atoms with Crippen LogP contribution in [0.15, 0.2) is 30.3 Å². The normalized spacial score (nSPS) is 18.4. The molecule has 1 aromatic heterocycles. The summed E-state index contributed by atoms with van der Waals surface area (Å²) in [5.74, 6) is 1.30. The lowest BCUT2D eigenvalue weighted by Gasteiger charge is -2.19. The minimum absolute atomic E-state index is 0.123. The van der Waals surface area contributed by atoms with Crippen LogP contribution in [0, 0.1) is 0 Å². The first-order valence-electron chi connectivity index (χ1n) is 9.34. The summed E-state index contributed by atoms with van der Waals surface area (Å²) in [4.78, 5) is 27.9. The molecule has 1 unspecified atom stereocenters. The monoisotopic (exact) mass is 437 g/mol. The Labute approximate surface area is 174 Å². The van der Waals surface area contributed by atoms with Crippen molar-refractivity contribution in [1.29, 1.82) is 0 Å². The Bertz CT molecular complexity index is 1050. The van der Waals surface area contributed by atoms with Crippen molar-refractivity contribution in [1.82, 2.24) is 9.55 Å². The summed E-state index contributed by atoms with van der Waals surface area (Å²) in [6, 6.07) is 2.26. The number of carbonyl (C=O) groups excluding carboxylic acids is 2. The van der Waals surface area contributed by atoms with Gasteiger partial charge in [0.25, 0.3) is 12.3 Å². The minimum atomic E-state index is -2.76. The third-order valence-electron chi connectivity index (χ3n) is 4.98. The van der Waals surface area contributed by atoms with Crippen molar-refractivity contribution >= 4 is 23.4 Å². The number of amides is 1. The molecule has 1 fully saturated rings. The van der Waals surface area contributed by atoms with Crippen molar-refractivity contribution in [2.75, 3.05) is 30.1 Å². The fourth-order valence-corrected chi connectivity index (χ4v) is 3.46. The van der Waals surface area contributed by atoms with Gasteiger partial charge in [0.2, 0.25) is 5.91 Å². The zero-order valence-electron chi connectivity index (χ0n) is 16.1. The third kappa shape index (κ3) is 3.77. The molecule has 3 N–H and O–H groups in total. The predicted octanol–water partition coefficient (Wildman–Crippen LogP) is 1.32. The number of nitrogens with zero attached hydrogens (tertiary/aromatic N) is 3. The largest absolute Gasteiger partial charge is 0.491 e. The van der Waals surface area contributed by atoms with Crippen LogP contribution >= 0.6 is 0 Å². The number of hydrogen-bond acceptors (Lipinski definition) is 7. The molecule has 1 saturated heterocycles. The number of halogens is 3. The molecule has 0 spiro atoms. The van der Waals surface area contributed by atoms with Crippen LogP contribution in [-0.4, -0.2) is 59.8 Å². The standard InChI is InChI=1S/C19H18F3N5O4/c20-6-12(18(23)29)24-10-1-2-11-14(5-10)30-4-3-26-7-15(25-19(11)26)27-13(17(21)22)9-31-16(27)8-28/h1-2,5,7,12-13,17,24H,3-4,6,9H2,(H2,23,29)/t12?,13-/m0/s1. The predicted molar refractivity (Wildman–Crippen MR) is 103 cm³/mol. The maximum atomic E-state index is 13.4. The highest BCUT2D eigenvalue weighted by Gasteiger charge is 2.40. The smallest absolute Gasteiger partial charge is 0.284 e. The van der Waals surface area contributed by atoms with Crippen LogP contribution in [-0.2, 0) is 20.9 Å². The van der Waals surface area contributed by atoms with Gasteiger partial charge in [-0.1, -0.05) is 0 Å². The molecule has 2 aromatic rings. The number of fused-ring (bicyclic) bond motifs is 3. The zero-order chi connectivity index (χ0) is 22.1. The molecule has 1 aromatic carbocycles. The van der Waals surface area contributed by atoms with Gasteiger partial charge in [-0.05, 0) is 12.1 Å². The third-order valence-corrected chi connectivity index (χ3v) is 4.98. The van der Waals surface area contributed by atoms with Crippen LogP contribution in [0.1, 0.15) is 0 Å². The van der Waals surface area contributed by atoms with Crippen LogP contribution in [0.2, 0.25) is 0 Å². The maximum absolute atomic E-state index is 13.4. The molecule has 1 amide bonds. The van der Waals surface area contributed by atoms with Gasteiger partial charge in [0, 0.05) is 18.0 Å². The summed E-state index contributed by atoms with van der Waals surface area (Å²) in [6.07, 6.45) is -1.22. The number of rotatable bonds is 6. The van der Waals surface area contributed by atoms with Crippen molar-refractivity contribution in [3.8, 4) is 17.1 Å².